The van der Waals surface area contributed by atoms with Gasteiger partial charge in [-0.2, -0.15) is 8.42 Å². The summed E-state index contributed by atoms with van der Waals surface area (Å²) >= 11 is 0. The van der Waals surface area contributed by atoms with Crippen molar-refractivity contribution in [3.8, 4) is 0 Å². The monoisotopic (exact) mass is 404 g/mol. The minimum Gasteiger partial charge on any atom is -0.382 e. The lowest BCUT2D eigenvalue weighted by Gasteiger charge is -2.32. The van der Waals surface area contributed by atoms with Crippen LogP contribution in [0.15, 0.2) is 35.5 Å². The summed E-state index contributed by atoms with van der Waals surface area (Å²) in [6.07, 6.45) is 3.66. The van der Waals surface area contributed by atoms with Crippen LogP contribution in [0.2, 0.25) is 0 Å². The van der Waals surface area contributed by atoms with Gasteiger partial charge in [0.2, 0.25) is 0 Å². The van der Waals surface area contributed by atoms with Crippen LogP contribution in [0, 0.1) is 6.92 Å². The van der Waals surface area contributed by atoms with Crippen molar-refractivity contribution in [3.63, 3.8) is 0 Å². The molecule has 1 fully saturated rings. The Morgan fingerprint density at radius 2 is 1.86 bits per heavy atom. The van der Waals surface area contributed by atoms with Crippen LogP contribution in [0.4, 0.5) is 9.70 Å². The fraction of sp³-hybridized carbons (Fsp3) is 0.389. The van der Waals surface area contributed by atoms with Crippen molar-refractivity contribution in [1.82, 2.24) is 24.4 Å². The van der Waals surface area contributed by atoms with Crippen LogP contribution < -0.4 is 5.73 Å². The van der Waals surface area contributed by atoms with Gasteiger partial charge >= 0.3 is 10.2 Å². The predicted molar refractivity (Wildman–Crippen MR) is 103 cm³/mol. The zero-order valence-electron chi connectivity index (χ0n) is 15.4. The number of nitrogens with zero attached hydrogens (tertiary/aromatic N) is 5. The Hall–Kier alpha value is -2.59. The van der Waals surface area contributed by atoms with Gasteiger partial charge in [0, 0.05) is 25.7 Å². The molecule has 1 aromatic carbocycles. The number of halogens is 1. The maximum absolute atomic E-state index is 13.0. The van der Waals surface area contributed by atoms with Gasteiger partial charge in [-0.25, -0.2) is 15.0 Å². The third-order valence-corrected chi connectivity index (χ3v) is 5.96. The lowest BCUT2D eigenvalue weighted by molar-refractivity contribution is 0.181. The molecule has 0 atom stereocenters. The number of fused-ring (bicyclic) bond motifs is 1. The largest absolute Gasteiger partial charge is 0.382 e. The molecule has 0 saturated carbocycles. The van der Waals surface area contributed by atoms with Crippen molar-refractivity contribution in [2.24, 2.45) is 0 Å². The van der Waals surface area contributed by atoms with E-state index in [1.54, 1.807) is 18.5 Å². The molecule has 0 spiro atoms. The average molecular weight is 404 g/mol. The van der Waals surface area contributed by atoms with Gasteiger partial charge in [0.1, 0.15) is 11.3 Å². The molecule has 0 aliphatic carbocycles. The molecule has 2 N–H and O–H groups in total. The molecule has 1 aliphatic heterocycles. The molecule has 1 saturated heterocycles. The van der Waals surface area contributed by atoms with E-state index in [0.717, 1.165) is 37.1 Å². The first kappa shape index (κ1) is 18.8. The molecule has 148 valence electrons. The molecular weight excluding hydrogens is 383 g/mol. The standard InChI is InChI=1S/C18H21FN6O2S/c1-12-22-17(20)16-18(23-12)25(11-21-16)14-6-8-24(9-7-14)10-13-2-4-15(5-3-13)28(19,26)27/h2-5,11,14H,6-10H2,1H3,(H2,20,22,23). The van der Waals surface area contributed by atoms with Gasteiger partial charge in [0.15, 0.2) is 11.5 Å². The van der Waals surface area contributed by atoms with Gasteiger partial charge in [-0.1, -0.05) is 12.1 Å². The zero-order chi connectivity index (χ0) is 19.9. The maximum Gasteiger partial charge on any atom is 0.332 e. The summed E-state index contributed by atoms with van der Waals surface area (Å²) in [6, 6.07) is 6.21. The molecule has 0 radical (unpaired) electrons. The lowest BCUT2D eigenvalue weighted by atomic mass is 10.0. The van der Waals surface area contributed by atoms with E-state index in [0.29, 0.717) is 23.7 Å². The molecule has 1 aliphatic rings. The number of hydrogen-bond acceptors (Lipinski definition) is 7. The Morgan fingerprint density at radius 1 is 1.18 bits per heavy atom. The molecule has 28 heavy (non-hydrogen) atoms. The number of rotatable bonds is 4. The highest BCUT2D eigenvalue weighted by Gasteiger charge is 2.23. The second kappa shape index (κ2) is 7.10. The van der Waals surface area contributed by atoms with Crippen LogP contribution in [-0.4, -0.2) is 45.9 Å². The number of nitrogen functional groups attached to an aromatic ring is 1. The normalized spacial score (nSPS) is 16.6. The number of nitrogens with two attached hydrogens (primary N) is 1. The minimum atomic E-state index is -4.65. The Labute approximate surface area is 162 Å². The van der Waals surface area contributed by atoms with Crippen LogP contribution in [0.25, 0.3) is 11.2 Å². The van der Waals surface area contributed by atoms with Gasteiger partial charge in [-0.05, 0) is 37.5 Å². The highest BCUT2D eigenvalue weighted by Crippen LogP contribution is 2.28. The number of anilines is 1. The van der Waals surface area contributed by atoms with E-state index < -0.39 is 10.2 Å². The van der Waals surface area contributed by atoms with E-state index in [4.69, 9.17) is 5.73 Å². The van der Waals surface area contributed by atoms with Gasteiger partial charge < -0.3 is 10.3 Å². The van der Waals surface area contributed by atoms with Gasteiger partial charge in [-0.15, -0.1) is 3.89 Å². The van der Waals surface area contributed by atoms with Gasteiger partial charge in [0.25, 0.3) is 0 Å². The van der Waals surface area contributed by atoms with E-state index in [1.807, 2.05) is 6.92 Å². The van der Waals surface area contributed by atoms with Crippen molar-refractivity contribution in [3.05, 3.63) is 42.0 Å². The fourth-order valence-corrected chi connectivity index (χ4v) is 4.15. The Bertz CT molecular complexity index is 1110. The maximum atomic E-state index is 13.0. The van der Waals surface area contributed by atoms with Crippen LogP contribution >= 0.6 is 0 Å². The van der Waals surface area contributed by atoms with Crippen LogP contribution in [0.1, 0.15) is 30.3 Å². The number of hydrogen-bond donors (Lipinski definition) is 1. The minimum absolute atomic E-state index is 0.286. The molecule has 2 aromatic heterocycles. The summed E-state index contributed by atoms with van der Waals surface area (Å²) in [6.45, 7) is 4.27. The van der Waals surface area contributed by atoms with E-state index in [-0.39, 0.29) is 10.9 Å². The van der Waals surface area contributed by atoms with Crippen molar-refractivity contribution in [2.75, 3.05) is 18.8 Å². The lowest BCUT2D eigenvalue weighted by Crippen LogP contribution is -2.34. The van der Waals surface area contributed by atoms with Gasteiger partial charge in [-0.3, -0.25) is 4.90 Å². The number of piperidine rings is 1. The molecule has 4 rings (SSSR count). The number of benzene rings is 1. The highest BCUT2D eigenvalue weighted by molar-refractivity contribution is 7.86. The smallest absolute Gasteiger partial charge is 0.332 e. The molecule has 3 aromatic rings. The number of imidazole rings is 1. The first-order chi connectivity index (χ1) is 13.3. The topological polar surface area (TPSA) is 107 Å². The SMILES string of the molecule is Cc1nc(N)c2ncn(C3CCN(Cc4ccc(S(=O)(=O)F)cc4)CC3)c2n1. The Kier molecular flexibility index (Phi) is 4.76. The molecule has 0 unspecified atom stereocenters. The van der Waals surface area contributed by atoms with Gasteiger partial charge in [0.05, 0.1) is 11.2 Å². The van der Waals surface area contributed by atoms with Crippen molar-refractivity contribution in [2.45, 2.75) is 37.2 Å². The summed E-state index contributed by atoms with van der Waals surface area (Å²) in [4.78, 5) is 15.0. The number of aromatic nitrogens is 4. The second-order valence-electron chi connectivity index (χ2n) is 7.07. The summed E-state index contributed by atoms with van der Waals surface area (Å²) in [5.74, 6) is 1.03. The average Bonchev–Trinajstić information content (AvgIpc) is 3.06. The summed E-state index contributed by atoms with van der Waals surface area (Å²) < 4.78 is 36.9. The second-order valence-corrected chi connectivity index (χ2v) is 8.42. The number of likely N-dealkylation sites (tertiary alicyclic amines) is 1. The third kappa shape index (κ3) is 3.69. The molecular formula is C18H21FN6O2S. The molecule has 0 amide bonds. The van der Waals surface area contributed by atoms with Crippen molar-refractivity contribution < 1.29 is 12.3 Å². The summed E-state index contributed by atoms with van der Waals surface area (Å²) in [7, 11) is -4.65. The van der Waals surface area contributed by atoms with Crippen LogP contribution in [0.3, 0.4) is 0 Å². The Morgan fingerprint density at radius 3 is 2.50 bits per heavy atom. The number of aryl methyl sites for hydroxylation is 1. The fourth-order valence-electron chi connectivity index (χ4n) is 3.69. The first-order valence-corrected chi connectivity index (χ1v) is 10.4. The summed E-state index contributed by atoms with van der Waals surface area (Å²) in [5.41, 5.74) is 8.31. The van der Waals surface area contributed by atoms with E-state index in [2.05, 4.69) is 24.4 Å². The van der Waals surface area contributed by atoms with Crippen LogP contribution in [-0.2, 0) is 16.8 Å². The first-order valence-electron chi connectivity index (χ1n) is 9.04. The predicted octanol–water partition coefficient (Wildman–Crippen LogP) is 2.21. The Balaban J connectivity index is 1.43. The quantitative estimate of drug-likeness (QED) is 0.664. The molecule has 3 heterocycles. The van der Waals surface area contributed by atoms with Crippen LogP contribution in [0.5, 0.6) is 0 Å². The van der Waals surface area contributed by atoms with E-state index >= 15 is 0 Å². The van der Waals surface area contributed by atoms with E-state index in [9.17, 15) is 12.3 Å². The molecule has 10 heteroatoms. The third-order valence-electron chi connectivity index (χ3n) is 5.12. The van der Waals surface area contributed by atoms with E-state index in [1.165, 1.54) is 12.1 Å². The summed E-state index contributed by atoms with van der Waals surface area (Å²) in [5, 5.41) is 0. The molecule has 8 nitrogen and oxygen atoms in total. The van der Waals surface area contributed by atoms with Crippen molar-refractivity contribution in [1.29, 1.82) is 0 Å². The van der Waals surface area contributed by atoms with Crippen molar-refractivity contribution >= 4 is 27.2 Å². The highest BCUT2D eigenvalue weighted by atomic mass is 32.3. The zero-order valence-corrected chi connectivity index (χ0v) is 16.2. The molecule has 0 bridgehead atoms.